The van der Waals surface area contributed by atoms with E-state index in [9.17, 15) is 4.79 Å². The Morgan fingerprint density at radius 3 is 2.26 bits per heavy atom. The Balaban J connectivity index is 1.23. The summed E-state index contributed by atoms with van der Waals surface area (Å²) in [4.78, 5) is 14.1. The molecule has 124 valence electrons. The molecule has 4 aliphatic carbocycles. The lowest BCUT2D eigenvalue weighted by atomic mass is 9.49. The molecule has 1 aromatic carbocycles. The van der Waals surface area contributed by atoms with Crippen LogP contribution in [0.4, 0.5) is 0 Å². The van der Waals surface area contributed by atoms with E-state index in [1.807, 2.05) is 11.8 Å². The summed E-state index contributed by atoms with van der Waals surface area (Å²) in [6, 6.07) is 10.5. The van der Waals surface area contributed by atoms with Crippen LogP contribution >= 0.6 is 11.8 Å². The van der Waals surface area contributed by atoms with Crippen molar-refractivity contribution in [3.05, 3.63) is 30.3 Å². The minimum Gasteiger partial charge on any atom is -0.356 e. The van der Waals surface area contributed by atoms with Gasteiger partial charge in [0.05, 0.1) is 0 Å². The molecule has 4 fully saturated rings. The third kappa shape index (κ3) is 3.31. The predicted molar refractivity (Wildman–Crippen MR) is 95.4 cm³/mol. The van der Waals surface area contributed by atoms with E-state index in [4.69, 9.17) is 0 Å². The van der Waals surface area contributed by atoms with Crippen molar-refractivity contribution >= 4 is 17.7 Å². The summed E-state index contributed by atoms with van der Waals surface area (Å²) in [7, 11) is 0. The van der Waals surface area contributed by atoms with Gasteiger partial charge < -0.3 is 5.32 Å². The molecule has 0 aliphatic heterocycles. The monoisotopic (exact) mass is 329 g/mol. The first-order valence-electron chi connectivity index (χ1n) is 9.20. The zero-order valence-electron chi connectivity index (χ0n) is 13.8. The van der Waals surface area contributed by atoms with Crippen LogP contribution in [-0.4, -0.2) is 18.2 Å². The minimum atomic E-state index is 0.0152. The van der Waals surface area contributed by atoms with Crippen LogP contribution in [0.2, 0.25) is 0 Å². The highest BCUT2D eigenvalue weighted by atomic mass is 32.2. The van der Waals surface area contributed by atoms with Crippen molar-refractivity contribution < 1.29 is 4.79 Å². The zero-order chi connectivity index (χ0) is 15.7. The van der Waals surface area contributed by atoms with Crippen LogP contribution in [-0.2, 0) is 4.79 Å². The SMILES string of the molecule is O=C(NCCCSc1ccccc1)C12CC3CC(CC(C3)C1)C2. The summed E-state index contributed by atoms with van der Waals surface area (Å²) in [5.41, 5.74) is 0.0152. The second-order valence-electron chi connectivity index (χ2n) is 7.97. The maximum absolute atomic E-state index is 12.8. The molecule has 23 heavy (non-hydrogen) atoms. The third-order valence-corrected chi connectivity index (χ3v) is 7.24. The molecule has 0 spiro atoms. The van der Waals surface area contributed by atoms with Crippen LogP contribution in [0.15, 0.2) is 35.2 Å². The molecule has 2 nitrogen and oxygen atoms in total. The molecule has 0 saturated heterocycles. The molecule has 4 saturated carbocycles. The van der Waals surface area contributed by atoms with Crippen LogP contribution in [0.3, 0.4) is 0 Å². The van der Waals surface area contributed by atoms with E-state index in [0.717, 1.165) is 36.5 Å². The number of carbonyl (C=O) groups excluding carboxylic acids is 1. The molecule has 1 N–H and O–H groups in total. The van der Waals surface area contributed by atoms with Crippen molar-refractivity contribution in [2.24, 2.45) is 23.2 Å². The third-order valence-electron chi connectivity index (χ3n) is 6.14. The number of carbonyl (C=O) groups is 1. The van der Waals surface area contributed by atoms with Gasteiger partial charge in [0, 0.05) is 16.9 Å². The number of benzene rings is 1. The molecule has 5 rings (SSSR count). The van der Waals surface area contributed by atoms with Crippen molar-refractivity contribution in [3.63, 3.8) is 0 Å². The van der Waals surface area contributed by atoms with Crippen LogP contribution in [0.1, 0.15) is 44.9 Å². The van der Waals surface area contributed by atoms with Gasteiger partial charge in [0.25, 0.3) is 0 Å². The quantitative estimate of drug-likeness (QED) is 0.615. The number of hydrogen-bond donors (Lipinski definition) is 1. The average molecular weight is 330 g/mol. The lowest BCUT2D eigenvalue weighted by Crippen LogP contribution is -2.53. The minimum absolute atomic E-state index is 0.0152. The Hall–Kier alpha value is -0.960. The maximum Gasteiger partial charge on any atom is 0.226 e. The second-order valence-corrected chi connectivity index (χ2v) is 9.14. The van der Waals surface area contributed by atoms with Crippen molar-refractivity contribution in [2.75, 3.05) is 12.3 Å². The molecule has 4 bridgehead atoms. The van der Waals surface area contributed by atoms with Crippen LogP contribution in [0, 0.1) is 23.2 Å². The molecule has 3 heteroatoms. The van der Waals surface area contributed by atoms with E-state index in [2.05, 4.69) is 35.6 Å². The Morgan fingerprint density at radius 2 is 1.65 bits per heavy atom. The lowest BCUT2D eigenvalue weighted by molar-refractivity contribution is -0.146. The van der Waals surface area contributed by atoms with Gasteiger partial charge >= 0.3 is 0 Å². The van der Waals surface area contributed by atoms with Gasteiger partial charge in [-0.15, -0.1) is 11.8 Å². The highest BCUT2D eigenvalue weighted by molar-refractivity contribution is 7.99. The zero-order valence-corrected chi connectivity index (χ0v) is 14.6. The standard InChI is InChI=1S/C20H27NOS/c22-19(21-7-4-8-23-18-5-2-1-3-6-18)20-12-15-9-16(13-20)11-17(10-15)14-20/h1-3,5-6,15-17H,4,7-14H2,(H,21,22). The number of rotatable bonds is 6. The molecule has 4 aliphatic rings. The Bertz CT molecular complexity index is 521. The van der Waals surface area contributed by atoms with Crippen LogP contribution in [0.25, 0.3) is 0 Å². The first-order chi connectivity index (χ1) is 11.2. The molecule has 0 heterocycles. The van der Waals surface area contributed by atoms with Gasteiger partial charge in [0.2, 0.25) is 5.91 Å². The number of hydrogen-bond acceptors (Lipinski definition) is 2. The largest absolute Gasteiger partial charge is 0.356 e. The van der Waals surface area contributed by atoms with E-state index in [-0.39, 0.29) is 5.41 Å². The van der Waals surface area contributed by atoms with Gasteiger partial charge in [0.15, 0.2) is 0 Å². The van der Waals surface area contributed by atoms with Gasteiger partial charge in [-0.1, -0.05) is 18.2 Å². The molecular weight excluding hydrogens is 302 g/mol. The van der Waals surface area contributed by atoms with Gasteiger partial charge in [-0.2, -0.15) is 0 Å². The lowest BCUT2D eigenvalue weighted by Gasteiger charge is -2.55. The molecule has 0 atom stereocenters. The van der Waals surface area contributed by atoms with E-state index >= 15 is 0 Å². The average Bonchev–Trinajstić information content (AvgIpc) is 2.54. The Morgan fingerprint density at radius 1 is 1.04 bits per heavy atom. The summed E-state index contributed by atoms with van der Waals surface area (Å²) in [5, 5.41) is 3.27. The normalized spacial score (nSPS) is 34.5. The Kier molecular flexibility index (Phi) is 4.40. The van der Waals surface area contributed by atoms with Crippen molar-refractivity contribution in [2.45, 2.75) is 49.8 Å². The van der Waals surface area contributed by atoms with Crippen LogP contribution in [0.5, 0.6) is 0 Å². The van der Waals surface area contributed by atoms with E-state index < -0.39 is 0 Å². The first-order valence-corrected chi connectivity index (χ1v) is 10.2. The van der Waals surface area contributed by atoms with E-state index in [1.54, 1.807) is 0 Å². The van der Waals surface area contributed by atoms with Crippen molar-refractivity contribution in [3.8, 4) is 0 Å². The first kappa shape index (κ1) is 15.6. The summed E-state index contributed by atoms with van der Waals surface area (Å²) in [5.74, 6) is 3.99. The molecule has 0 radical (unpaired) electrons. The van der Waals surface area contributed by atoms with Gasteiger partial charge in [-0.25, -0.2) is 0 Å². The number of amides is 1. The van der Waals surface area contributed by atoms with Gasteiger partial charge in [0.1, 0.15) is 0 Å². The van der Waals surface area contributed by atoms with Crippen molar-refractivity contribution in [1.82, 2.24) is 5.32 Å². The van der Waals surface area contributed by atoms with Crippen LogP contribution < -0.4 is 5.32 Å². The molecule has 1 amide bonds. The smallest absolute Gasteiger partial charge is 0.226 e. The maximum atomic E-state index is 12.8. The van der Waals surface area contributed by atoms with E-state index in [0.29, 0.717) is 5.91 Å². The van der Waals surface area contributed by atoms with Crippen molar-refractivity contribution in [1.29, 1.82) is 0 Å². The fourth-order valence-corrected chi connectivity index (χ4v) is 6.43. The number of nitrogens with one attached hydrogen (secondary N) is 1. The van der Waals surface area contributed by atoms with Gasteiger partial charge in [-0.05, 0) is 80.6 Å². The summed E-state index contributed by atoms with van der Waals surface area (Å²) in [6.45, 7) is 0.834. The second kappa shape index (κ2) is 6.51. The topological polar surface area (TPSA) is 29.1 Å². The van der Waals surface area contributed by atoms with E-state index in [1.165, 1.54) is 43.4 Å². The summed E-state index contributed by atoms with van der Waals surface area (Å²) in [6.07, 6.45) is 8.77. The highest BCUT2D eigenvalue weighted by Crippen LogP contribution is 2.60. The number of thioether (sulfide) groups is 1. The van der Waals surface area contributed by atoms with Gasteiger partial charge in [-0.3, -0.25) is 4.79 Å². The molecule has 1 aromatic rings. The fraction of sp³-hybridized carbons (Fsp3) is 0.650. The predicted octanol–water partition coefficient (Wildman–Crippen LogP) is 4.50. The molecular formula is C20H27NOS. The Labute approximate surface area is 143 Å². The summed E-state index contributed by atoms with van der Waals surface area (Å²) < 4.78 is 0. The fourth-order valence-electron chi connectivity index (χ4n) is 5.56. The molecule has 0 unspecified atom stereocenters. The highest BCUT2D eigenvalue weighted by Gasteiger charge is 2.54. The summed E-state index contributed by atoms with van der Waals surface area (Å²) >= 11 is 1.88. The molecule has 0 aromatic heterocycles.